The molecule has 4 nitrogen and oxygen atoms in total. The van der Waals surface area contributed by atoms with Crippen molar-refractivity contribution in [2.75, 3.05) is 27.7 Å². The summed E-state index contributed by atoms with van der Waals surface area (Å²) in [7, 11) is 6.49. The fourth-order valence-electron chi connectivity index (χ4n) is 1.54. The lowest BCUT2D eigenvalue weighted by molar-refractivity contribution is -0.870. The van der Waals surface area contributed by atoms with Crippen LogP contribution in [0, 0.1) is 10.1 Å². The van der Waals surface area contributed by atoms with E-state index in [4.69, 9.17) is 0 Å². The molecule has 0 heterocycles. The van der Waals surface area contributed by atoms with Crippen molar-refractivity contribution in [1.29, 1.82) is 0 Å². The number of benzene rings is 1. The van der Waals surface area contributed by atoms with Gasteiger partial charge in [-0.25, -0.2) is 0 Å². The average molecular weight is 303 g/mol. The van der Waals surface area contributed by atoms with Gasteiger partial charge in [0, 0.05) is 18.6 Å². The van der Waals surface area contributed by atoms with Gasteiger partial charge in [-0.05, 0) is 12.0 Å². The Bertz CT molecular complexity index is 358. The number of hydrogen-bond donors (Lipinski definition) is 0. The number of non-ortho nitro benzene ring substituents is 1. The Morgan fingerprint density at radius 1 is 1.18 bits per heavy atom. The molecule has 5 heteroatoms. The van der Waals surface area contributed by atoms with Crippen LogP contribution in [0.2, 0.25) is 0 Å². The van der Waals surface area contributed by atoms with Crippen LogP contribution >= 0.6 is 0 Å². The van der Waals surface area contributed by atoms with E-state index in [1.165, 1.54) is 5.56 Å². The predicted molar refractivity (Wildman–Crippen MR) is 64.3 cm³/mol. The molecule has 0 atom stereocenters. The number of nitrogens with zero attached hydrogens (tertiary/aromatic N) is 2. The van der Waals surface area contributed by atoms with Gasteiger partial charge in [0.15, 0.2) is 0 Å². The molecule has 0 aromatic heterocycles. The Balaban J connectivity index is 0.00000256. The van der Waals surface area contributed by atoms with Crippen molar-refractivity contribution in [2.45, 2.75) is 12.8 Å². The molecule has 0 saturated heterocycles. The molecule has 0 bridgehead atoms. The quantitative estimate of drug-likeness (QED) is 0.408. The van der Waals surface area contributed by atoms with E-state index < -0.39 is 0 Å². The SMILES string of the molecule is C[N+](C)(C)CCCc1ccc([N+](=O)[O-])cc1.[Br-]. The van der Waals surface area contributed by atoms with Gasteiger partial charge < -0.3 is 21.5 Å². The Morgan fingerprint density at radius 3 is 2.12 bits per heavy atom. The number of quaternary nitrogens is 1. The molecule has 0 aliphatic rings. The molecule has 0 amide bonds. The molecule has 1 aromatic rings. The molecule has 1 rings (SSSR count). The highest BCUT2D eigenvalue weighted by atomic mass is 79.9. The summed E-state index contributed by atoms with van der Waals surface area (Å²) in [6.07, 6.45) is 2.08. The van der Waals surface area contributed by atoms with E-state index >= 15 is 0 Å². The molecular weight excluding hydrogens is 284 g/mol. The average Bonchev–Trinajstić information content (AvgIpc) is 2.16. The van der Waals surface area contributed by atoms with Crippen LogP contribution in [0.3, 0.4) is 0 Å². The maximum Gasteiger partial charge on any atom is 0.269 e. The molecule has 96 valence electrons. The summed E-state index contributed by atoms with van der Waals surface area (Å²) < 4.78 is 0.951. The lowest BCUT2D eigenvalue weighted by Crippen LogP contribution is -3.00. The van der Waals surface area contributed by atoms with Gasteiger partial charge in [-0.2, -0.15) is 0 Å². The molecule has 0 radical (unpaired) electrons. The molecule has 0 N–H and O–H groups in total. The minimum atomic E-state index is -0.365. The standard InChI is InChI=1S/C12H19N2O2.BrH/c1-14(2,3)10-4-5-11-6-8-12(9-7-11)13(15)16;/h6-9H,4-5,10H2,1-3H3;1H/q+1;/p-1. The highest BCUT2D eigenvalue weighted by Crippen LogP contribution is 2.13. The van der Waals surface area contributed by atoms with Crippen molar-refractivity contribution < 1.29 is 26.4 Å². The van der Waals surface area contributed by atoms with E-state index in [-0.39, 0.29) is 27.6 Å². The smallest absolute Gasteiger partial charge is 0.269 e. The first-order chi connectivity index (χ1) is 7.38. The fourth-order valence-corrected chi connectivity index (χ4v) is 1.54. The Hall–Kier alpha value is -0.940. The van der Waals surface area contributed by atoms with Crippen LogP contribution in [-0.4, -0.2) is 37.1 Å². The Labute approximate surface area is 113 Å². The zero-order chi connectivity index (χ0) is 12.2. The van der Waals surface area contributed by atoms with Crippen molar-refractivity contribution in [2.24, 2.45) is 0 Å². The van der Waals surface area contributed by atoms with E-state index in [1.54, 1.807) is 12.1 Å². The summed E-state index contributed by atoms with van der Waals surface area (Å²) in [6.45, 7) is 1.11. The molecular formula is C12H19BrN2O2. The van der Waals surface area contributed by atoms with Gasteiger partial charge in [-0.1, -0.05) is 12.1 Å². The number of nitro groups is 1. The molecule has 0 fully saturated rings. The summed E-state index contributed by atoms with van der Waals surface area (Å²) in [5, 5.41) is 10.5. The maximum atomic E-state index is 10.5. The van der Waals surface area contributed by atoms with E-state index in [0.717, 1.165) is 23.9 Å². The Morgan fingerprint density at radius 2 is 1.71 bits per heavy atom. The van der Waals surface area contributed by atoms with Gasteiger partial charge in [0.05, 0.1) is 32.6 Å². The number of aryl methyl sites for hydroxylation is 1. The highest BCUT2D eigenvalue weighted by molar-refractivity contribution is 5.32. The van der Waals surface area contributed by atoms with E-state index in [1.807, 2.05) is 12.1 Å². The van der Waals surface area contributed by atoms with Crippen LogP contribution < -0.4 is 17.0 Å². The summed E-state index contributed by atoms with van der Waals surface area (Å²) >= 11 is 0. The van der Waals surface area contributed by atoms with Gasteiger partial charge in [0.1, 0.15) is 0 Å². The largest absolute Gasteiger partial charge is 1.00 e. The molecule has 0 spiro atoms. The van der Waals surface area contributed by atoms with E-state index in [9.17, 15) is 10.1 Å². The van der Waals surface area contributed by atoms with Crippen molar-refractivity contribution in [3.63, 3.8) is 0 Å². The molecule has 0 unspecified atom stereocenters. The summed E-state index contributed by atoms with van der Waals surface area (Å²) in [5.41, 5.74) is 1.33. The van der Waals surface area contributed by atoms with E-state index in [0.29, 0.717) is 0 Å². The van der Waals surface area contributed by atoms with Gasteiger partial charge in [-0.3, -0.25) is 10.1 Å². The molecule has 0 saturated carbocycles. The van der Waals surface area contributed by atoms with Crippen LogP contribution in [0.25, 0.3) is 0 Å². The molecule has 1 aromatic carbocycles. The van der Waals surface area contributed by atoms with Crippen molar-refractivity contribution in [3.8, 4) is 0 Å². The third-order valence-corrected chi connectivity index (χ3v) is 2.44. The summed E-state index contributed by atoms with van der Waals surface area (Å²) in [6, 6.07) is 6.82. The minimum Gasteiger partial charge on any atom is -1.00 e. The monoisotopic (exact) mass is 302 g/mol. The second-order valence-corrected chi connectivity index (χ2v) is 5.04. The van der Waals surface area contributed by atoms with Crippen LogP contribution in [0.4, 0.5) is 5.69 Å². The molecule has 17 heavy (non-hydrogen) atoms. The lowest BCUT2D eigenvalue weighted by Gasteiger charge is -2.23. The third kappa shape index (κ3) is 6.38. The van der Waals surface area contributed by atoms with Gasteiger partial charge in [-0.15, -0.1) is 0 Å². The molecule has 0 aliphatic carbocycles. The minimum absolute atomic E-state index is 0. The summed E-state index contributed by atoms with van der Waals surface area (Å²) in [5.74, 6) is 0. The fraction of sp³-hybridized carbons (Fsp3) is 0.500. The summed E-state index contributed by atoms with van der Waals surface area (Å²) in [4.78, 5) is 10.1. The van der Waals surface area contributed by atoms with Crippen LogP contribution in [0.5, 0.6) is 0 Å². The number of halogens is 1. The van der Waals surface area contributed by atoms with Gasteiger partial charge >= 0.3 is 0 Å². The zero-order valence-electron chi connectivity index (χ0n) is 10.5. The second kappa shape index (κ2) is 6.71. The number of nitro benzene ring substituents is 1. The first-order valence-corrected chi connectivity index (χ1v) is 5.42. The maximum absolute atomic E-state index is 10.5. The first-order valence-electron chi connectivity index (χ1n) is 5.42. The molecule has 0 aliphatic heterocycles. The third-order valence-electron chi connectivity index (χ3n) is 2.44. The lowest BCUT2D eigenvalue weighted by atomic mass is 10.1. The Kier molecular flexibility index (Phi) is 6.34. The van der Waals surface area contributed by atoms with Gasteiger partial charge in [0.25, 0.3) is 5.69 Å². The normalized spacial score (nSPS) is 10.8. The van der Waals surface area contributed by atoms with Gasteiger partial charge in [0.2, 0.25) is 0 Å². The van der Waals surface area contributed by atoms with Crippen molar-refractivity contribution in [1.82, 2.24) is 0 Å². The highest BCUT2D eigenvalue weighted by Gasteiger charge is 2.07. The van der Waals surface area contributed by atoms with Crippen LogP contribution in [0.1, 0.15) is 12.0 Å². The predicted octanol–water partition coefficient (Wildman–Crippen LogP) is -0.762. The zero-order valence-corrected chi connectivity index (χ0v) is 12.1. The van der Waals surface area contributed by atoms with Crippen LogP contribution in [-0.2, 0) is 6.42 Å². The number of rotatable bonds is 5. The second-order valence-electron chi connectivity index (χ2n) is 5.04. The topological polar surface area (TPSA) is 43.1 Å². The van der Waals surface area contributed by atoms with Crippen molar-refractivity contribution in [3.05, 3.63) is 39.9 Å². The first kappa shape index (κ1) is 16.1. The van der Waals surface area contributed by atoms with Crippen molar-refractivity contribution >= 4 is 5.69 Å². The van der Waals surface area contributed by atoms with E-state index in [2.05, 4.69) is 21.1 Å². The van der Waals surface area contributed by atoms with Crippen LogP contribution in [0.15, 0.2) is 24.3 Å². The number of hydrogen-bond acceptors (Lipinski definition) is 2.